The van der Waals surface area contributed by atoms with Crippen molar-refractivity contribution in [2.24, 2.45) is 0 Å². The maximum absolute atomic E-state index is 5.29. The molecule has 0 fully saturated rings. The highest BCUT2D eigenvalue weighted by Crippen LogP contribution is 2.38. The molecule has 0 atom stereocenters. The SMILES string of the molecule is c1ccc(-c2nc(-n3c4ccccc4c4ccc5c(ccn5-c5ccccc5)c43)n3ccccc23)cc1. The normalized spacial score (nSPS) is 11.8. The van der Waals surface area contributed by atoms with Crippen molar-refractivity contribution in [1.29, 1.82) is 0 Å². The summed E-state index contributed by atoms with van der Waals surface area (Å²) < 4.78 is 6.80. The van der Waals surface area contributed by atoms with Gasteiger partial charge in [0, 0.05) is 39.8 Å². The number of nitrogens with zero attached hydrogens (tertiary/aromatic N) is 4. The van der Waals surface area contributed by atoms with Crippen molar-refractivity contribution in [1.82, 2.24) is 18.5 Å². The summed E-state index contributed by atoms with van der Waals surface area (Å²) in [5.41, 5.74) is 7.82. The zero-order valence-corrected chi connectivity index (χ0v) is 20.0. The first-order valence-corrected chi connectivity index (χ1v) is 12.5. The van der Waals surface area contributed by atoms with E-state index >= 15 is 0 Å². The van der Waals surface area contributed by atoms with Crippen LogP contribution >= 0.6 is 0 Å². The van der Waals surface area contributed by atoms with Crippen LogP contribution in [-0.4, -0.2) is 18.5 Å². The van der Waals surface area contributed by atoms with Gasteiger partial charge < -0.3 is 4.57 Å². The van der Waals surface area contributed by atoms with Crippen LogP contribution in [-0.2, 0) is 0 Å². The monoisotopic (exact) mass is 474 g/mol. The van der Waals surface area contributed by atoms with E-state index < -0.39 is 0 Å². The summed E-state index contributed by atoms with van der Waals surface area (Å²) in [5.74, 6) is 0.889. The fourth-order valence-corrected chi connectivity index (χ4v) is 5.69. The lowest BCUT2D eigenvalue weighted by atomic mass is 10.1. The van der Waals surface area contributed by atoms with Gasteiger partial charge in [0.25, 0.3) is 0 Å². The van der Waals surface area contributed by atoms with Crippen molar-refractivity contribution in [3.8, 4) is 22.9 Å². The van der Waals surface area contributed by atoms with Crippen LogP contribution < -0.4 is 0 Å². The van der Waals surface area contributed by atoms with Crippen LogP contribution in [0.1, 0.15) is 0 Å². The predicted molar refractivity (Wildman–Crippen MR) is 152 cm³/mol. The molecule has 0 radical (unpaired) electrons. The van der Waals surface area contributed by atoms with Crippen molar-refractivity contribution in [2.75, 3.05) is 0 Å². The minimum absolute atomic E-state index is 0.889. The Hall–Kier alpha value is -5.09. The van der Waals surface area contributed by atoms with Crippen LogP contribution in [0.2, 0.25) is 0 Å². The lowest BCUT2D eigenvalue weighted by Crippen LogP contribution is -2.01. The van der Waals surface area contributed by atoms with E-state index in [0.717, 1.165) is 33.9 Å². The third kappa shape index (κ3) is 2.87. The van der Waals surface area contributed by atoms with Gasteiger partial charge in [-0.3, -0.25) is 8.97 Å². The Labute approximate surface area is 213 Å². The molecule has 0 aliphatic heterocycles. The number of para-hydroxylation sites is 2. The van der Waals surface area contributed by atoms with Crippen LogP contribution in [0.15, 0.2) is 134 Å². The van der Waals surface area contributed by atoms with E-state index in [1.165, 1.54) is 27.2 Å². The second-order valence-electron chi connectivity index (χ2n) is 9.35. The molecule has 8 rings (SSSR count). The van der Waals surface area contributed by atoms with Crippen molar-refractivity contribution in [3.05, 3.63) is 134 Å². The molecule has 0 aliphatic rings. The summed E-state index contributed by atoms with van der Waals surface area (Å²) in [5, 5.41) is 3.65. The summed E-state index contributed by atoms with van der Waals surface area (Å²) in [4.78, 5) is 5.29. The van der Waals surface area contributed by atoms with Crippen molar-refractivity contribution in [2.45, 2.75) is 0 Å². The summed E-state index contributed by atoms with van der Waals surface area (Å²) >= 11 is 0. The highest BCUT2D eigenvalue weighted by molar-refractivity contribution is 6.18. The molecule has 4 nitrogen and oxygen atoms in total. The molecule has 174 valence electrons. The molecule has 4 aromatic carbocycles. The van der Waals surface area contributed by atoms with E-state index in [1.54, 1.807) is 0 Å². The molecule has 0 bridgehead atoms. The molecule has 0 aliphatic carbocycles. The van der Waals surface area contributed by atoms with E-state index in [2.05, 4.69) is 141 Å². The molecule has 0 amide bonds. The predicted octanol–water partition coefficient (Wildman–Crippen LogP) is 8.04. The quantitative estimate of drug-likeness (QED) is 0.255. The molecule has 0 unspecified atom stereocenters. The fourth-order valence-electron chi connectivity index (χ4n) is 5.69. The van der Waals surface area contributed by atoms with E-state index in [-0.39, 0.29) is 0 Å². The first-order chi connectivity index (χ1) is 18.4. The average Bonchev–Trinajstić information content (AvgIpc) is 3.66. The molecule has 0 N–H and O–H groups in total. The highest BCUT2D eigenvalue weighted by atomic mass is 15.2. The fraction of sp³-hybridized carbons (Fsp3) is 0. The number of rotatable bonds is 3. The first-order valence-electron chi connectivity index (χ1n) is 12.5. The molecule has 37 heavy (non-hydrogen) atoms. The largest absolute Gasteiger partial charge is 0.316 e. The Kier molecular flexibility index (Phi) is 4.19. The molecule has 8 aromatic rings. The number of pyridine rings is 1. The Morgan fingerprint density at radius 2 is 1.22 bits per heavy atom. The third-order valence-corrected chi connectivity index (χ3v) is 7.31. The molecular weight excluding hydrogens is 452 g/mol. The summed E-state index contributed by atoms with van der Waals surface area (Å²) in [6.07, 6.45) is 4.28. The van der Waals surface area contributed by atoms with E-state index in [0.29, 0.717) is 0 Å². The lowest BCUT2D eigenvalue weighted by molar-refractivity contribution is 0.986. The topological polar surface area (TPSA) is 27.2 Å². The maximum Gasteiger partial charge on any atom is 0.220 e. The number of benzene rings is 4. The maximum atomic E-state index is 5.29. The number of aromatic nitrogens is 4. The zero-order chi connectivity index (χ0) is 24.3. The number of hydrogen-bond acceptors (Lipinski definition) is 1. The second-order valence-corrected chi connectivity index (χ2v) is 9.35. The number of imidazole rings is 1. The smallest absolute Gasteiger partial charge is 0.220 e. The van der Waals surface area contributed by atoms with Gasteiger partial charge >= 0.3 is 0 Å². The molecule has 0 saturated heterocycles. The van der Waals surface area contributed by atoms with Crippen molar-refractivity contribution < 1.29 is 0 Å². The standard InChI is InChI=1S/C33H22N4/c1-3-11-23(12-4-1)31-30-17-9-10-21-36(30)33(34-31)37-29-16-8-7-15-25(29)26-18-19-28-27(32(26)37)20-22-35(28)24-13-5-2-6-14-24/h1-22H. The Morgan fingerprint density at radius 1 is 0.486 bits per heavy atom. The summed E-state index contributed by atoms with van der Waals surface area (Å²) in [6.45, 7) is 0. The zero-order valence-electron chi connectivity index (χ0n) is 20.0. The van der Waals surface area contributed by atoms with Gasteiger partial charge in [-0.15, -0.1) is 0 Å². The second kappa shape index (κ2) is 7.70. The Morgan fingerprint density at radius 3 is 2.08 bits per heavy atom. The highest BCUT2D eigenvalue weighted by Gasteiger charge is 2.21. The molecule has 4 aromatic heterocycles. The molecule has 0 spiro atoms. The molecule has 4 heteroatoms. The number of fused-ring (bicyclic) bond motifs is 6. The van der Waals surface area contributed by atoms with Crippen LogP contribution in [0.25, 0.3) is 61.1 Å². The van der Waals surface area contributed by atoms with Gasteiger partial charge in [0.15, 0.2) is 0 Å². The summed E-state index contributed by atoms with van der Waals surface area (Å²) in [6, 6.07) is 42.6. The van der Waals surface area contributed by atoms with Crippen molar-refractivity contribution in [3.63, 3.8) is 0 Å². The molecule has 0 saturated carbocycles. The summed E-state index contributed by atoms with van der Waals surface area (Å²) in [7, 11) is 0. The molecule has 4 heterocycles. The van der Waals surface area contributed by atoms with E-state index in [1.807, 2.05) is 6.07 Å². The minimum atomic E-state index is 0.889. The molecular formula is C33H22N4. The van der Waals surface area contributed by atoms with Crippen LogP contribution in [0.4, 0.5) is 0 Å². The van der Waals surface area contributed by atoms with Gasteiger partial charge in [-0.25, -0.2) is 4.98 Å². The van der Waals surface area contributed by atoms with Gasteiger partial charge in [-0.1, -0.05) is 78.9 Å². The minimum Gasteiger partial charge on any atom is -0.316 e. The first kappa shape index (κ1) is 20.1. The third-order valence-electron chi connectivity index (χ3n) is 7.31. The van der Waals surface area contributed by atoms with Gasteiger partial charge in [-0.2, -0.15) is 0 Å². The van der Waals surface area contributed by atoms with Crippen molar-refractivity contribution >= 4 is 38.2 Å². The van der Waals surface area contributed by atoms with Crippen LogP contribution in [0.5, 0.6) is 0 Å². The van der Waals surface area contributed by atoms with Gasteiger partial charge in [0.2, 0.25) is 5.95 Å². The van der Waals surface area contributed by atoms with Crippen LogP contribution in [0.3, 0.4) is 0 Å². The lowest BCUT2D eigenvalue weighted by Gasteiger charge is -2.09. The Balaban J connectivity index is 1.52. The van der Waals surface area contributed by atoms with Gasteiger partial charge in [-0.05, 0) is 42.5 Å². The van der Waals surface area contributed by atoms with Gasteiger partial charge in [0.1, 0.15) is 0 Å². The Bertz CT molecular complexity index is 2080. The van der Waals surface area contributed by atoms with Crippen LogP contribution in [0, 0.1) is 0 Å². The van der Waals surface area contributed by atoms with E-state index in [9.17, 15) is 0 Å². The number of hydrogen-bond donors (Lipinski definition) is 0. The van der Waals surface area contributed by atoms with Gasteiger partial charge in [0.05, 0.1) is 27.8 Å². The van der Waals surface area contributed by atoms with E-state index in [4.69, 9.17) is 4.98 Å². The average molecular weight is 475 g/mol.